The van der Waals surface area contributed by atoms with Gasteiger partial charge in [-0.05, 0) is 72.9 Å². The van der Waals surface area contributed by atoms with Gasteiger partial charge in [0.25, 0.3) is 11.8 Å². The first kappa shape index (κ1) is 21.0. The Hall–Kier alpha value is -2.74. The van der Waals surface area contributed by atoms with Gasteiger partial charge in [0, 0.05) is 32.0 Å². The van der Waals surface area contributed by atoms with E-state index >= 15 is 0 Å². The van der Waals surface area contributed by atoms with Crippen LogP contribution in [0.5, 0.6) is 0 Å². The monoisotopic (exact) mass is 487 g/mol. The lowest BCUT2D eigenvalue weighted by Gasteiger charge is -2.11. The summed E-state index contributed by atoms with van der Waals surface area (Å²) in [5, 5.41) is 9.02. The van der Waals surface area contributed by atoms with Gasteiger partial charge in [-0.25, -0.2) is 0 Å². The van der Waals surface area contributed by atoms with Crippen molar-refractivity contribution in [1.82, 2.24) is 5.32 Å². The first-order valence-corrected chi connectivity index (χ1v) is 10.0. The molecule has 2 amide bonds. The third-order valence-corrected chi connectivity index (χ3v) is 4.73. The number of hydrogen-bond donors (Lipinski definition) is 3. The molecule has 3 aromatic carbocycles. The molecule has 0 fully saturated rings. The summed E-state index contributed by atoms with van der Waals surface area (Å²) in [6.45, 7) is 0. The number of thiocarbonyl (C=S) groups is 1. The van der Waals surface area contributed by atoms with Crippen LogP contribution in [-0.4, -0.2) is 16.9 Å². The molecule has 0 aliphatic carbocycles. The maximum absolute atomic E-state index is 12.3. The van der Waals surface area contributed by atoms with E-state index in [2.05, 4.69) is 31.9 Å². The van der Waals surface area contributed by atoms with Crippen LogP contribution in [0.2, 0.25) is 5.02 Å². The minimum absolute atomic E-state index is 0.172. The molecule has 0 unspecified atom stereocenters. The quantitative estimate of drug-likeness (QED) is 0.425. The molecule has 0 bridgehead atoms. The first-order valence-electron chi connectivity index (χ1n) is 8.45. The minimum Gasteiger partial charge on any atom is -0.332 e. The Bertz CT molecular complexity index is 1070. The highest BCUT2D eigenvalue weighted by atomic mass is 79.9. The predicted octanol–water partition coefficient (Wildman–Crippen LogP) is 5.48. The zero-order valence-corrected chi connectivity index (χ0v) is 18.1. The molecular formula is C21H15BrClN3O2S. The maximum atomic E-state index is 12.3. The van der Waals surface area contributed by atoms with E-state index in [4.69, 9.17) is 23.8 Å². The summed E-state index contributed by atoms with van der Waals surface area (Å²) in [7, 11) is 0. The van der Waals surface area contributed by atoms with Crippen molar-refractivity contribution in [3.8, 4) is 0 Å². The van der Waals surface area contributed by atoms with Crippen LogP contribution in [0.1, 0.15) is 20.7 Å². The van der Waals surface area contributed by atoms with Gasteiger partial charge in [-0.3, -0.25) is 14.9 Å². The molecule has 29 heavy (non-hydrogen) atoms. The van der Waals surface area contributed by atoms with Gasteiger partial charge in [0.1, 0.15) is 0 Å². The van der Waals surface area contributed by atoms with Crippen molar-refractivity contribution >= 4 is 68.1 Å². The van der Waals surface area contributed by atoms with Crippen molar-refractivity contribution < 1.29 is 9.59 Å². The van der Waals surface area contributed by atoms with Gasteiger partial charge >= 0.3 is 0 Å². The number of rotatable bonds is 4. The van der Waals surface area contributed by atoms with Crippen molar-refractivity contribution in [3.05, 3.63) is 93.4 Å². The summed E-state index contributed by atoms with van der Waals surface area (Å²) < 4.78 is 0.805. The second-order valence-electron chi connectivity index (χ2n) is 5.96. The zero-order chi connectivity index (χ0) is 20.8. The summed E-state index contributed by atoms with van der Waals surface area (Å²) in [5.74, 6) is -0.570. The number of nitrogens with one attached hydrogen (secondary N) is 3. The van der Waals surface area contributed by atoms with Crippen LogP contribution < -0.4 is 16.0 Å². The van der Waals surface area contributed by atoms with E-state index in [1.165, 1.54) is 0 Å². The molecule has 0 heterocycles. The molecule has 0 saturated heterocycles. The summed E-state index contributed by atoms with van der Waals surface area (Å²) in [4.78, 5) is 24.5. The second-order valence-corrected chi connectivity index (χ2v) is 7.72. The van der Waals surface area contributed by atoms with E-state index in [1.54, 1.807) is 66.7 Å². The van der Waals surface area contributed by atoms with E-state index in [0.29, 0.717) is 27.5 Å². The lowest BCUT2D eigenvalue weighted by atomic mass is 10.2. The highest BCUT2D eigenvalue weighted by Gasteiger charge is 2.09. The number of anilines is 2. The normalized spacial score (nSPS) is 10.1. The van der Waals surface area contributed by atoms with Crippen molar-refractivity contribution in [2.75, 3.05) is 10.6 Å². The van der Waals surface area contributed by atoms with Crippen LogP contribution in [0, 0.1) is 0 Å². The molecule has 0 aliphatic rings. The molecule has 0 aromatic heterocycles. The lowest BCUT2D eigenvalue weighted by molar-refractivity contribution is 0.0976. The molecule has 3 aromatic rings. The fourth-order valence-electron chi connectivity index (χ4n) is 2.44. The van der Waals surface area contributed by atoms with Crippen LogP contribution in [0.15, 0.2) is 77.3 Å². The summed E-state index contributed by atoms with van der Waals surface area (Å²) >= 11 is 14.4. The predicted molar refractivity (Wildman–Crippen MR) is 124 cm³/mol. The van der Waals surface area contributed by atoms with E-state index < -0.39 is 0 Å². The third kappa shape index (κ3) is 6.12. The number of carbonyl (C=O) groups excluding carboxylic acids is 2. The van der Waals surface area contributed by atoms with Gasteiger partial charge < -0.3 is 10.6 Å². The van der Waals surface area contributed by atoms with Crippen molar-refractivity contribution in [2.24, 2.45) is 0 Å². The SMILES string of the molecule is O=C(NC(=S)Nc1ccc(NC(=O)c2cccc(Cl)c2)cc1)c1cccc(Br)c1. The van der Waals surface area contributed by atoms with Crippen LogP contribution in [-0.2, 0) is 0 Å². The number of benzene rings is 3. The molecule has 0 atom stereocenters. The Labute approximate surface area is 186 Å². The molecular weight excluding hydrogens is 474 g/mol. The molecule has 0 radical (unpaired) electrons. The van der Waals surface area contributed by atoms with E-state index in [1.807, 2.05) is 6.07 Å². The summed E-state index contributed by atoms with van der Waals surface area (Å²) in [6, 6.07) is 20.6. The van der Waals surface area contributed by atoms with Crippen LogP contribution in [0.3, 0.4) is 0 Å². The third-order valence-electron chi connectivity index (χ3n) is 3.80. The topological polar surface area (TPSA) is 70.2 Å². The number of hydrogen-bond acceptors (Lipinski definition) is 3. The first-order chi connectivity index (χ1) is 13.9. The average molecular weight is 489 g/mol. The molecule has 146 valence electrons. The molecule has 3 N–H and O–H groups in total. The van der Waals surface area contributed by atoms with Gasteiger partial charge in [0.2, 0.25) is 0 Å². The van der Waals surface area contributed by atoms with Crippen LogP contribution in [0.25, 0.3) is 0 Å². The average Bonchev–Trinajstić information content (AvgIpc) is 2.69. The summed E-state index contributed by atoms with van der Waals surface area (Å²) in [5.41, 5.74) is 2.24. The highest BCUT2D eigenvalue weighted by Crippen LogP contribution is 2.17. The smallest absolute Gasteiger partial charge is 0.257 e. The largest absolute Gasteiger partial charge is 0.332 e. The molecule has 0 saturated carbocycles. The Morgan fingerprint density at radius 1 is 0.793 bits per heavy atom. The van der Waals surface area contributed by atoms with E-state index in [-0.39, 0.29) is 16.9 Å². The van der Waals surface area contributed by atoms with Gasteiger partial charge in [-0.2, -0.15) is 0 Å². The molecule has 8 heteroatoms. The molecule has 0 aliphatic heterocycles. The highest BCUT2D eigenvalue weighted by molar-refractivity contribution is 9.10. The fourth-order valence-corrected chi connectivity index (χ4v) is 3.24. The van der Waals surface area contributed by atoms with Gasteiger partial charge in [0.05, 0.1) is 0 Å². The molecule has 0 spiro atoms. The van der Waals surface area contributed by atoms with Crippen LogP contribution >= 0.6 is 39.7 Å². The number of halogens is 2. The standard InChI is InChI=1S/C21H15BrClN3O2S/c22-15-5-1-3-13(11-15)20(28)26-21(29)25-18-9-7-17(8-10-18)24-19(27)14-4-2-6-16(23)12-14/h1-12H,(H,24,27)(H2,25,26,28,29). The Morgan fingerprint density at radius 2 is 1.38 bits per heavy atom. The van der Waals surface area contributed by atoms with Crippen molar-refractivity contribution in [1.29, 1.82) is 0 Å². The lowest BCUT2D eigenvalue weighted by Crippen LogP contribution is -2.34. The Balaban J connectivity index is 1.56. The molecule has 3 rings (SSSR count). The number of carbonyl (C=O) groups is 2. The Morgan fingerprint density at radius 3 is 2.00 bits per heavy atom. The minimum atomic E-state index is -0.311. The van der Waals surface area contributed by atoms with Crippen molar-refractivity contribution in [2.45, 2.75) is 0 Å². The number of amides is 2. The van der Waals surface area contributed by atoms with E-state index in [9.17, 15) is 9.59 Å². The fraction of sp³-hybridized carbons (Fsp3) is 0. The second kappa shape index (κ2) is 9.65. The zero-order valence-electron chi connectivity index (χ0n) is 14.9. The van der Waals surface area contributed by atoms with Gasteiger partial charge in [-0.15, -0.1) is 0 Å². The van der Waals surface area contributed by atoms with Crippen molar-refractivity contribution in [3.63, 3.8) is 0 Å². The maximum Gasteiger partial charge on any atom is 0.257 e. The summed E-state index contributed by atoms with van der Waals surface area (Å²) in [6.07, 6.45) is 0. The van der Waals surface area contributed by atoms with Crippen LogP contribution in [0.4, 0.5) is 11.4 Å². The van der Waals surface area contributed by atoms with Gasteiger partial charge in [-0.1, -0.05) is 39.7 Å². The molecule has 5 nitrogen and oxygen atoms in total. The van der Waals surface area contributed by atoms with E-state index in [0.717, 1.165) is 4.47 Å². The van der Waals surface area contributed by atoms with Gasteiger partial charge in [0.15, 0.2) is 5.11 Å². The Kier molecular flexibility index (Phi) is 6.98.